The normalized spacial score (nSPS) is 14.8. The number of rotatable bonds is 4. The Balaban J connectivity index is 2.78. The zero-order chi connectivity index (χ0) is 13.1. The van der Waals surface area contributed by atoms with Crippen LogP contribution in [0.2, 0.25) is 0 Å². The van der Waals surface area contributed by atoms with E-state index in [-0.39, 0.29) is 5.60 Å². The topological polar surface area (TPSA) is 9.23 Å². The van der Waals surface area contributed by atoms with Crippen LogP contribution in [0.15, 0.2) is 24.3 Å². The lowest BCUT2D eigenvalue weighted by Crippen LogP contribution is -2.25. The second kappa shape index (κ2) is 5.83. The van der Waals surface area contributed by atoms with Crippen molar-refractivity contribution >= 4 is 9.76 Å². The Morgan fingerprint density at radius 2 is 1.53 bits per heavy atom. The molecular weight excluding hydrogens is 224 g/mol. The van der Waals surface area contributed by atoms with Gasteiger partial charge in [0, 0.05) is 5.60 Å². The summed E-state index contributed by atoms with van der Waals surface area (Å²) in [4.78, 5) is 0. The molecule has 0 amide bonds. The van der Waals surface area contributed by atoms with Crippen LogP contribution in [0.5, 0.6) is 0 Å². The van der Waals surface area contributed by atoms with Crippen molar-refractivity contribution in [1.82, 2.24) is 0 Å². The average molecular weight is 250 g/mol. The molecule has 1 rings (SSSR count). The third-order valence-electron chi connectivity index (χ3n) is 2.92. The van der Waals surface area contributed by atoms with E-state index in [4.69, 9.17) is 4.43 Å². The first-order valence-electron chi connectivity index (χ1n) is 6.54. The van der Waals surface area contributed by atoms with E-state index < -0.39 is 9.76 Å². The quantitative estimate of drug-likeness (QED) is 0.739. The Bertz CT molecular complexity index is 352. The van der Waals surface area contributed by atoms with Gasteiger partial charge in [-0.1, -0.05) is 45.0 Å². The van der Waals surface area contributed by atoms with E-state index in [2.05, 4.69) is 65.8 Å². The summed E-state index contributed by atoms with van der Waals surface area (Å²) in [5.41, 5.74) is 3.56. The van der Waals surface area contributed by atoms with Gasteiger partial charge in [0.1, 0.15) is 0 Å². The fourth-order valence-electron chi connectivity index (χ4n) is 1.95. The minimum atomic E-state index is -0.520. The molecule has 0 saturated heterocycles. The fraction of sp³-hybridized carbons (Fsp3) is 0.600. The summed E-state index contributed by atoms with van der Waals surface area (Å²) >= 11 is 0. The van der Waals surface area contributed by atoms with Gasteiger partial charge in [0.25, 0.3) is 0 Å². The van der Waals surface area contributed by atoms with E-state index >= 15 is 0 Å². The summed E-state index contributed by atoms with van der Waals surface area (Å²) in [7, 11) is -0.520. The Morgan fingerprint density at radius 3 is 2.00 bits per heavy atom. The molecule has 1 aromatic rings. The summed E-state index contributed by atoms with van der Waals surface area (Å²) in [6.07, 6.45) is 0. The van der Waals surface area contributed by atoms with Gasteiger partial charge < -0.3 is 4.43 Å². The molecule has 0 aliphatic rings. The molecule has 0 N–H and O–H groups in total. The lowest BCUT2D eigenvalue weighted by Gasteiger charge is -2.24. The number of hydrogen-bond donors (Lipinski definition) is 0. The number of benzene rings is 1. The SMILES string of the molecule is CC(C)c1ccccc1C(C)[SiH2]OC(C)(C)C. The van der Waals surface area contributed by atoms with Crippen molar-refractivity contribution in [3.63, 3.8) is 0 Å². The Labute approximate surface area is 109 Å². The fourth-order valence-corrected chi connectivity index (χ4v) is 3.25. The molecule has 0 spiro atoms. The van der Waals surface area contributed by atoms with Crippen molar-refractivity contribution in [2.45, 2.75) is 58.6 Å². The third-order valence-corrected chi connectivity index (χ3v) is 4.89. The van der Waals surface area contributed by atoms with Gasteiger partial charge in [-0.15, -0.1) is 0 Å². The summed E-state index contributed by atoms with van der Waals surface area (Å²) < 4.78 is 6.02. The molecule has 1 aromatic carbocycles. The van der Waals surface area contributed by atoms with Crippen LogP contribution in [0.3, 0.4) is 0 Å². The monoisotopic (exact) mass is 250 g/mol. The molecule has 0 aromatic heterocycles. The van der Waals surface area contributed by atoms with E-state index in [0.717, 1.165) is 0 Å². The Morgan fingerprint density at radius 1 is 1.00 bits per heavy atom. The lowest BCUT2D eigenvalue weighted by atomic mass is 9.96. The van der Waals surface area contributed by atoms with Crippen LogP contribution in [0, 0.1) is 0 Å². The summed E-state index contributed by atoms with van der Waals surface area (Å²) in [5, 5.41) is 0. The van der Waals surface area contributed by atoms with Gasteiger partial charge in [-0.25, -0.2) is 0 Å². The van der Waals surface area contributed by atoms with Crippen molar-refractivity contribution in [2.24, 2.45) is 0 Å². The molecule has 0 fully saturated rings. The van der Waals surface area contributed by atoms with Gasteiger partial charge in [0.2, 0.25) is 0 Å². The van der Waals surface area contributed by atoms with Crippen molar-refractivity contribution in [1.29, 1.82) is 0 Å². The molecule has 17 heavy (non-hydrogen) atoms. The second-order valence-electron chi connectivity index (χ2n) is 6.11. The van der Waals surface area contributed by atoms with Gasteiger partial charge in [0.15, 0.2) is 9.76 Å². The highest BCUT2D eigenvalue weighted by Gasteiger charge is 2.17. The van der Waals surface area contributed by atoms with Crippen LogP contribution < -0.4 is 0 Å². The van der Waals surface area contributed by atoms with E-state index in [1.54, 1.807) is 0 Å². The molecular formula is C15H26OSi. The van der Waals surface area contributed by atoms with Crippen LogP contribution in [0.1, 0.15) is 64.1 Å². The Hall–Kier alpha value is -0.603. The highest BCUT2D eigenvalue weighted by atomic mass is 28.2. The summed E-state index contributed by atoms with van der Waals surface area (Å²) in [6.45, 7) is 13.2. The first-order chi connectivity index (χ1) is 7.81. The van der Waals surface area contributed by atoms with Crippen LogP contribution in [0.25, 0.3) is 0 Å². The molecule has 0 heterocycles. The lowest BCUT2D eigenvalue weighted by molar-refractivity contribution is 0.136. The third kappa shape index (κ3) is 4.64. The maximum atomic E-state index is 6.02. The standard InChI is InChI=1S/C15H26OSi/c1-11(2)13-9-7-8-10-14(13)12(3)17-16-15(4,5)6/h7-12H,17H2,1-6H3. The molecule has 0 aliphatic heterocycles. The molecule has 0 bridgehead atoms. The van der Waals surface area contributed by atoms with Crippen LogP contribution in [-0.2, 0) is 4.43 Å². The first-order valence-corrected chi connectivity index (χ1v) is 7.93. The smallest absolute Gasteiger partial charge is 0.169 e. The number of hydrogen-bond acceptors (Lipinski definition) is 1. The predicted octanol–water partition coefficient (Wildman–Crippen LogP) is 3.77. The van der Waals surface area contributed by atoms with Crippen LogP contribution in [-0.4, -0.2) is 15.4 Å². The second-order valence-corrected chi connectivity index (χ2v) is 7.95. The molecule has 0 radical (unpaired) electrons. The van der Waals surface area contributed by atoms with Crippen molar-refractivity contribution in [2.75, 3.05) is 0 Å². The van der Waals surface area contributed by atoms with Crippen molar-refractivity contribution < 1.29 is 4.43 Å². The minimum Gasteiger partial charge on any atom is -0.419 e. The molecule has 1 unspecified atom stereocenters. The summed E-state index contributed by atoms with van der Waals surface area (Å²) in [5.74, 6) is 0.595. The Kier molecular flexibility index (Phi) is 4.96. The van der Waals surface area contributed by atoms with Gasteiger partial charge >= 0.3 is 0 Å². The zero-order valence-corrected chi connectivity index (χ0v) is 13.5. The zero-order valence-electron chi connectivity index (χ0n) is 12.1. The van der Waals surface area contributed by atoms with E-state index in [1.165, 1.54) is 11.1 Å². The van der Waals surface area contributed by atoms with Gasteiger partial charge in [-0.2, -0.15) is 0 Å². The van der Waals surface area contributed by atoms with E-state index in [9.17, 15) is 0 Å². The molecule has 1 nitrogen and oxygen atoms in total. The van der Waals surface area contributed by atoms with Gasteiger partial charge in [-0.05, 0) is 43.4 Å². The van der Waals surface area contributed by atoms with E-state index in [0.29, 0.717) is 11.5 Å². The van der Waals surface area contributed by atoms with Crippen molar-refractivity contribution in [3.8, 4) is 0 Å². The molecule has 0 saturated carbocycles. The largest absolute Gasteiger partial charge is 0.419 e. The summed E-state index contributed by atoms with van der Waals surface area (Å²) in [6, 6.07) is 8.79. The predicted molar refractivity (Wildman–Crippen MR) is 78.3 cm³/mol. The van der Waals surface area contributed by atoms with Gasteiger partial charge in [0.05, 0.1) is 0 Å². The maximum Gasteiger partial charge on any atom is 0.169 e. The molecule has 2 heteroatoms. The van der Waals surface area contributed by atoms with Crippen LogP contribution in [0.4, 0.5) is 0 Å². The highest BCUT2D eigenvalue weighted by molar-refractivity contribution is 6.30. The first kappa shape index (κ1) is 14.5. The van der Waals surface area contributed by atoms with Crippen LogP contribution >= 0.6 is 0 Å². The maximum absolute atomic E-state index is 6.02. The minimum absolute atomic E-state index is 0.00720. The molecule has 1 atom stereocenters. The van der Waals surface area contributed by atoms with E-state index in [1.807, 2.05) is 0 Å². The van der Waals surface area contributed by atoms with Crippen molar-refractivity contribution in [3.05, 3.63) is 35.4 Å². The van der Waals surface area contributed by atoms with Gasteiger partial charge in [-0.3, -0.25) is 0 Å². The molecule has 96 valence electrons. The highest BCUT2D eigenvalue weighted by Crippen LogP contribution is 2.26. The molecule has 0 aliphatic carbocycles. The average Bonchev–Trinajstić information content (AvgIpc) is 2.25.